The van der Waals surface area contributed by atoms with E-state index in [4.69, 9.17) is 0 Å². The smallest absolute Gasteiger partial charge is 0.241 e. The fraction of sp³-hybridized carbons (Fsp3) is 0.588. The maximum Gasteiger partial charge on any atom is 0.241 e. The molecule has 6 heteroatoms. The van der Waals surface area contributed by atoms with Gasteiger partial charge >= 0.3 is 0 Å². The molecule has 2 aliphatic heterocycles. The minimum Gasteiger partial charge on any atom is -0.391 e. The maximum atomic E-state index is 12.8. The number of carbonyl (C=O) groups excluding carboxylic acids is 1. The van der Waals surface area contributed by atoms with Crippen molar-refractivity contribution in [3.63, 3.8) is 0 Å². The third kappa shape index (κ3) is 4.26. The van der Waals surface area contributed by atoms with E-state index in [1.165, 1.54) is 0 Å². The van der Waals surface area contributed by atoms with E-state index in [0.29, 0.717) is 13.1 Å². The molecule has 1 aromatic carbocycles. The quantitative estimate of drug-likeness (QED) is 0.730. The Morgan fingerprint density at radius 2 is 2.04 bits per heavy atom. The zero-order valence-corrected chi connectivity index (χ0v) is 14.1. The number of β-amino-alcohol motifs (C(OH)–C–C–N with tert-alkyl or cyclic N) is 1. The molecule has 0 spiro atoms. The van der Waals surface area contributed by atoms with Gasteiger partial charge in [0.25, 0.3) is 0 Å². The van der Waals surface area contributed by atoms with Gasteiger partial charge in [-0.15, -0.1) is 0 Å². The predicted molar refractivity (Wildman–Crippen MR) is 93.5 cm³/mol. The number of nitrogens with one attached hydrogen (secondary N) is 2. The normalized spacial score (nSPS) is 26.8. The number of rotatable bonds is 5. The molecule has 3 atom stereocenters. The topological polar surface area (TPSA) is 64.6 Å². The van der Waals surface area contributed by atoms with E-state index in [9.17, 15) is 9.90 Å². The SMILES string of the molecule is O=C(NCC1CNCC1O)C(c1ccccc1)N1CCSCC1. The molecule has 3 N–H and O–H groups in total. The van der Waals surface area contributed by atoms with Crippen LogP contribution in [0.25, 0.3) is 0 Å². The highest BCUT2D eigenvalue weighted by atomic mass is 32.2. The van der Waals surface area contributed by atoms with E-state index in [2.05, 4.69) is 15.5 Å². The zero-order chi connectivity index (χ0) is 16.1. The molecule has 5 nitrogen and oxygen atoms in total. The first-order valence-corrected chi connectivity index (χ1v) is 9.44. The minimum atomic E-state index is -0.364. The van der Waals surface area contributed by atoms with Crippen LogP contribution in [0.2, 0.25) is 0 Å². The lowest BCUT2D eigenvalue weighted by Gasteiger charge is -2.34. The maximum absolute atomic E-state index is 12.8. The first kappa shape index (κ1) is 16.8. The van der Waals surface area contributed by atoms with Crippen LogP contribution in [0.5, 0.6) is 0 Å². The number of nitrogens with zero attached hydrogens (tertiary/aromatic N) is 1. The Morgan fingerprint density at radius 1 is 1.30 bits per heavy atom. The van der Waals surface area contributed by atoms with Gasteiger partial charge in [0.1, 0.15) is 6.04 Å². The Hall–Kier alpha value is -1.08. The van der Waals surface area contributed by atoms with Gasteiger partial charge in [0.05, 0.1) is 6.10 Å². The average Bonchev–Trinajstić information content (AvgIpc) is 3.00. The number of thioether (sulfide) groups is 1. The van der Waals surface area contributed by atoms with Crippen LogP contribution in [0.3, 0.4) is 0 Å². The summed E-state index contributed by atoms with van der Waals surface area (Å²) in [6.45, 7) is 3.78. The molecular formula is C17H25N3O2S. The number of aliphatic hydroxyl groups excluding tert-OH is 1. The molecule has 1 aromatic rings. The fourth-order valence-electron chi connectivity index (χ4n) is 3.25. The van der Waals surface area contributed by atoms with Crippen molar-refractivity contribution < 1.29 is 9.90 Å². The first-order chi connectivity index (χ1) is 11.3. The number of aliphatic hydroxyl groups is 1. The second-order valence-corrected chi connectivity index (χ2v) is 7.42. The molecule has 0 aliphatic carbocycles. The average molecular weight is 335 g/mol. The van der Waals surface area contributed by atoms with Gasteiger partial charge in [-0.1, -0.05) is 30.3 Å². The summed E-state index contributed by atoms with van der Waals surface area (Å²) in [5, 5.41) is 16.1. The summed E-state index contributed by atoms with van der Waals surface area (Å²) in [7, 11) is 0. The molecule has 126 valence electrons. The monoisotopic (exact) mass is 335 g/mol. The predicted octanol–water partition coefficient (Wildman–Crippen LogP) is 0.473. The summed E-state index contributed by atoms with van der Waals surface area (Å²) in [5.41, 5.74) is 1.04. The summed E-state index contributed by atoms with van der Waals surface area (Å²) in [6, 6.07) is 9.77. The van der Waals surface area contributed by atoms with E-state index in [-0.39, 0.29) is 24.0 Å². The molecule has 3 unspecified atom stereocenters. The van der Waals surface area contributed by atoms with Crippen LogP contribution in [-0.2, 0) is 4.79 Å². The Bertz CT molecular complexity index is 508. The first-order valence-electron chi connectivity index (χ1n) is 8.29. The van der Waals surface area contributed by atoms with Gasteiger partial charge in [-0.3, -0.25) is 9.69 Å². The van der Waals surface area contributed by atoms with Crippen LogP contribution >= 0.6 is 11.8 Å². The minimum absolute atomic E-state index is 0.0437. The third-order valence-electron chi connectivity index (χ3n) is 4.62. The number of amides is 1. The van der Waals surface area contributed by atoms with Crippen molar-refractivity contribution in [2.24, 2.45) is 5.92 Å². The highest BCUT2D eigenvalue weighted by molar-refractivity contribution is 7.99. The highest BCUT2D eigenvalue weighted by Gasteiger charge is 2.30. The number of benzene rings is 1. The van der Waals surface area contributed by atoms with Crippen LogP contribution in [0.15, 0.2) is 30.3 Å². The molecule has 3 rings (SSSR count). The van der Waals surface area contributed by atoms with Crippen molar-refractivity contribution in [3.8, 4) is 0 Å². The van der Waals surface area contributed by atoms with Gasteiger partial charge in [-0.2, -0.15) is 11.8 Å². The van der Waals surface area contributed by atoms with Crippen LogP contribution in [0.4, 0.5) is 0 Å². The summed E-state index contributed by atoms with van der Waals surface area (Å²) < 4.78 is 0. The van der Waals surface area contributed by atoms with Gasteiger partial charge in [0.15, 0.2) is 0 Å². The Labute approximate surface area is 141 Å². The standard InChI is InChI=1S/C17H25N3O2S/c21-15-12-18-10-14(15)11-19-17(22)16(13-4-2-1-3-5-13)20-6-8-23-9-7-20/h1-5,14-16,18,21H,6-12H2,(H,19,22). The molecule has 2 saturated heterocycles. The number of carbonyl (C=O) groups is 1. The van der Waals surface area contributed by atoms with E-state index in [1.54, 1.807) is 0 Å². The Kier molecular flexibility index (Phi) is 5.94. The third-order valence-corrected chi connectivity index (χ3v) is 5.56. The van der Waals surface area contributed by atoms with Crippen molar-refractivity contribution in [3.05, 3.63) is 35.9 Å². The molecule has 2 fully saturated rings. The van der Waals surface area contributed by atoms with Gasteiger partial charge in [-0.25, -0.2) is 0 Å². The lowest BCUT2D eigenvalue weighted by Crippen LogP contribution is -2.46. The van der Waals surface area contributed by atoms with Crippen LogP contribution in [0, 0.1) is 5.92 Å². The molecule has 23 heavy (non-hydrogen) atoms. The van der Waals surface area contributed by atoms with E-state index >= 15 is 0 Å². The van der Waals surface area contributed by atoms with Gasteiger partial charge in [-0.05, 0) is 5.56 Å². The molecule has 2 aliphatic rings. The zero-order valence-electron chi connectivity index (χ0n) is 13.3. The van der Waals surface area contributed by atoms with Crippen LogP contribution in [0.1, 0.15) is 11.6 Å². The molecule has 0 bridgehead atoms. The van der Waals surface area contributed by atoms with Gasteiger partial charge in [0, 0.05) is 50.1 Å². The molecular weight excluding hydrogens is 310 g/mol. The summed E-state index contributed by atoms with van der Waals surface area (Å²) in [5.74, 6) is 2.29. The lowest BCUT2D eigenvalue weighted by molar-refractivity contribution is -0.126. The molecule has 0 radical (unpaired) electrons. The molecule has 0 aromatic heterocycles. The summed E-state index contributed by atoms with van der Waals surface area (Å²) >= 11 is 1.94. The van der Waals surface area contributed by atoms with Crippen LogP contribution < -0.4 is 10.6 Å². The molecule has 2 heterocycles. The van der Waals surface area contributed by atoms with Crippen molar-refractivity contribution in [1.29, 1.82) is 0 Å². The van der Waals surface area contributed by atoms with Gasteiger partial charge in [0.2, 0.25) is 5.91 Å². The van der Waals surface area contributed by atoms with Crippen molar-refractivity contribution in [2.75, 3.05) is 44.2 Å². The van der Waals surface area contributed by atoms with E-state index in [1.807, 2.05) is 42.1 Å². The summed E-state index contributed by atoms with van der Waals surface area (Å²) in [4.78, 5) is 15.1. The highest BCUT2D eigenvalue weighted by Crippen LogP contribution is 2.24. The second-order valence-electron chi connectivity index (χ2n) is 6.19. The summed E-state index contributed by atoms with van der Waals surface area (Å²) in [6.07, 6.45) is -0.364. The van der Waals surface area contributed by atoms with Crippen molar-refractivity contribution >= 4 is 17.7 Å². The lowest BCUT2D eigenvalue weighted by atomic mass is 10.0. The van der Waals surface area contributed by atoms with Crippen LogP contribution in [-0.4, -0.2) is 66.2 Å². The second kappa shape index (κ2) is 8.15. The van der Waals surface area contributed by atoms with E-state index < -0.39 is 0 Å². The van der Waals surface area contributed by atoms with Crippen molar-refractivity contribution in [1.82, 2.24) is 15.5 Å². The molecule has 1 amide bonds. The number of hydrogen-bond acceptors (Lipinski definition) is 5. The largest absolute Gasteiger partial charge is 0.391 e. The van der Waals surface area contributed by atoms with Crippen molar-refractivity contribution in [2.45, 2.75) is 12.1 Å². The Morgan fingerprint density at radius 3 is 2.70 bits per heavy atom. The Balaban J connectivity index is 1.68. The van der Waals surface area contributed by atoms with E-state index in [0.717, 1.165) is 36.7 Å². The number of hydrogen-bond donors (Lipinski definition) is 3. The fourth-order valence-corrected chi connectivity index (χ4v) is 4.19. The molecule has 0 saturated carbocycles. The van der Waals surface area contributed by atoms with Gasteiger partial charge < -0.3 is 15.7 Å².